The maximum absolute atomic E-state index is 12.3. The Morgan fingerprint density at radius 1 is 1.37 bits per heavy atom. The van der Waals surface area contributed by atoms with E-state index in [4.69, 9.17) is 5.11 Å². The zero-order valence-corrected chi connectivity index (χ0v) is 11.6. The summed E-state index contributed by atoms with van der Waals surface area (Å²) in [6, 6.07) is 10.4. The van der Waals surface area contributed by atoms with Gasteiger partial charge in [0.2, 0.25) is 5.91 Å². The third kappa shape index (κ3) is 4.06. The van der Waals surface area contributed by atoms with Crippen LogP contribution in [0, 0.1) is 5.92 Å². The van der Waals surface area contributed by atoms with E-state index in [0.29, 0.717) is 31.3 Å². The fraction of sp³-hybridized carbons (Fsp3) is 0.562. The van der Waals surface area contributed by atoms with Crippen LogP contribution in [-0.2, 0) is 11.3 Å². The fourth-order valence-corrected chi connectivity index (χ4v) is 2.45. The highest BCUT2D eigenvalue weighted by Crippen LogP contribution is 2.36. The zero-order valence-electron chi connectivity index (χ0n) is 11.6. The van der Waals surface area contributed by atoms with Gasteiger partial charge in [0, 0.05) is 25.6 Å². The van der Waals surface area contributed by atoms with Crippen molar-refractivity contribution in [3.63, 3.8) is 0 Å². The molecule has 19 heavy (non-hydrogen) atoms. The Kier molecular flexibility index (Phi) is 4.97. The van der Waals surface area contributed by atoms with Gasteiger partial charge in [-0.3, -0.25) is 4.79 Å². The molecular weight excluding hydrogens is 238 g/mol. The van der Waals surface area contributed by atoms with Crippen LogP contribution in [0.15, 0.2) is 30.3 Å². The standard InChI is InChI=1S/C16H23NO2/c1-13(15-9-10-15)17(16(19)8-5-11-18)12-14-6-3-2-4-7-14/h2-4,6-7,13,15,18H,5,8-12H2,1H3. The SMILES string of the molecule is CC(C1CC1)N(Cc1ccccc1)C(=O)CCCO. The lowest BCUT2D eigenvalue weighted by Gasteiger charge is -2.29. The summed E-state index contributed by atoms with van der Waals surface area (Å²) < 4.78 is 0. The summed E-state index contributed by atoms with van der Waals surface area (Å²) in [5, 5.41) is 8.88. The topological polar surface area (TPSA) is 40.5 Å². The number of hydrogen-bond donors (Lipinski definition) is 1. The van der Waals surface area contributed by atoms with Gasteiger partial charge in [0.05, 0.1) is 0 Å². The normalized spacial score (nSPS) is 16.1. The van der Waals surface area contributed by atoms with Crippen molar-refractivity contribution in [2.45, 2.75) is 45.2 Å². The molecule has 1 aromatic rings. The molecule has 1 fully saturated rings. The smallest absolute Gasteiger partial charge is 0.223 e. The molecule has 1 aliphatic rings. The minimum absolute atomic E-state index is 0.0860. The lowest BCUT2D eigenvalue weighted by Crippen LogP contribution is -2.39. The van der Waals surface area contributed by atoms with E-state index >= 15 is 0 Å². The Labute approximate surface area is 115 Å². The molecule has 1 amide bonds. The van der Waals surface area contributed by atoms with Crippen LogP contribution in [0.25, 0.3) is 0 Å². The van der Waals surface area contributed by atoms with Crippen molar-refractivity contribution in [2.75, 3.05) is 6.61 Å². The first-order chi connectivity index (χ1) is 9.22. The van der Waals surface area contributed by atoms with Crippen LogP contribution in [0.2, 0.25) is 0 Å². The van der Waals surface area contributed by atoms with Gasteiger partial charge in [-0.15, -0.1) is 0 Å². The van der Waals surface area contributed by atoms with E-state index in [2.05, 4.69) is 19.1 Å². The first kappa shape index (κ1) is 14.1. The Hall–Kier alpha value is -1.35. The number of aliphatic hydroxyl groups excluding tert-OH is 1. The highest BCUT2D eigenvalue weighted by molar-refractivity contribution is 5.76. The molecule has 1 atom stereocenters. The lowest BCUT2D eigenvalue weighted by atomic mass is 10.1. The molecule has 0 spiro atoms. The number of hydrogen-bond acceptors (Lipinski definition) is 2. The molecule has 0 saturated heterocycles. The van der Waals surface area contributed by atoms with Crippen LogP contribution in [-0.4, -0.2) is 28.6 Å². The first-order valence-corrected chi connectivity index (χ1v) is 7.16. The molecule has 0 bridgehead atoms. The molecule has 3 nitrogen and oxygen atoms in total. The van der Waals surface area contributed by atoms with E-state index in [1.807, 2.05) is 23.1 Å². The van der Waals surface area contributed by atoms with Crippen molar-refractivity contribution in [3.05, 3.63) is 35.9 Å². The van der Waals surface area contributed by atoms with Crippen LogP contribution in [0.1, 0.15) is 38.2 Å². The molecule has 104 valence electrons. The van der Waals surface area contributed by atoms with E-state index in [1.54, 1.807) is 0 Å². The highest BCUT2D eigenvalue weighted by Gasteiger charge is 2.33. The second-order valence-electron chi connectivity index (χ2n) is 5.41. The molecule has 3 heteroatoms. The number of nitrogens with zero attached hydrogens (tertiary/aromatic N) is 1. The molecule has 0 aliphatic heterocycles. The van der Waals surface area contributed by atoms with E-state index in [-0.39, 0.29) is 12.5 Å². The number of benzene rings is 1. The van der Waals surface area contributed by atoms with E-state index in [9.17, 15) is 4.79 Å². The highest BCUT2D eigenvalue weighted by atomic mass is 16.3. The van der Waals surface area contributed by atoms with Crippen LogP contribution in [0.3, 0.4) is 0 Å². The fourth-order valence-electron chi connectivity index (χ4n) is 2.45. The van der Waals surface area contributed by atoms with Gasteiger partial charge in [0.15, 0.2) is 0 Å². The number of rotatable bonds is 7. The van der Waals surface area contributed by atoms with Crippen LogP contribution < -0.4 is 0 Å². The molecule has 0 heterocycles. The van der Waals surface area contributed by atoms with E-state index < -0.39 is 0 Å². The summed E-state index contributed by atoms with van der Waals surface area (Å²) in [6.07, 6.45) is 3.47. The maximum atomic E-state index is 12.3. The van der Waals surface area contributed by atoms with Gasteiger partial charge in [0.25, 0.3) is 0 Å². The summed E-state index contributed by atoms with van der Waals surface area (Å²) >= 11 is 0. The lowest BCUT2D eigenvalue weighted by molar-refractivity contribution is -0.134. The Bertz CT molecular complexity index is 400. The zero-order chi connectivity index (χ0) is 13.7. The Balaban J connectivity index is 2.02. The van der Waals surface area contributed by atoms with Crippen molar-refractivity contribution in [1.29, 1.82) is 0 Å². The molecule has 0 aromatic heterocycles. The number of aliphatic hydroxyl groups is 1. The third-order valence-corrected chi connectivity index (χ3v) is 3.86. The van der Waals surface area contributed by atoms with Crippen molar-refractivity contribution < 1.29 is 9.90 Å². The molecule has 1 aromatic carbocycles. The summed E-state index contributed by atoms with van der Waals surface area (Å²) in [5.74, 6) is 0.832. The Morgan fingerprint density at radius 2 is 2.05 bits per heavy atom. The monoisotopic (exact) mass is 261 g/mol. The van der Waals surface area contributed by atoms with Crippen molar-refractivity contribution in [3.8, 4) is 0 Å². The van der Waals surface area contributed by atoms with E-state index in [0.717, 1.165) is 0 Å². The van der Waals surface area contributed by atoms with Gasteiger partial charge in [0.1, 0.15) is 0 Å². The van der Waals surface area contributed by atoms with Crippen molar-refractivity contribution in [2.24, 2.45) is 5.92 Å². The average Bonchev–Trinajstić information content (AvgIpc) is 3.27. The quantitative estimate of drug-likeness (QED) is 0.819. The first-order valence-electron chi connectivity index (χ1n) is 7.16. The predicted molar refractivity (Wildman–Crippen MR) is 75.5 cm³/mol. The second kappa shape index (κ2) is 6.71. The Morgan fingerprint density at radius 3 is 2.63 bits per heavy atom. The van der Waals surface area contributed by atoms with Crippen molar-refractivity contribution in [1.82, 2.24) is 4.90 Å². The van der Waals surface area contributed by atoms with Crippen molar-refractivity contribution >= 4 is 5.91 Å². The van der Waals surface area contributed by atoms with Gasteiger partial charge in [-0.1, -0.05) is 30.3 Å². The molecule has 1 aliphatic carbocycles. The molecular formula is C16H23NO2. The van der Waals surface area contributed by atoms with E-state index in [1.165, 1.54) is 18.4 Å². The molecule has 2 rings (SSSR count). The molecule has 1 N–H and O–H groups in total. The summed E-state index contributed by atoms with van der Waals surface area (Å²) in [7, 11) is 0. The average molecular weight is 261 g/mol. The molecule has 1 unspecified atom stereocenters. The number of carbonyl (C=O) groups is 1. The molecule has 0 radical (unpaired) electrons. The molecule has 1 saturated carbocycles. The van der Waals surface area contributed by atoms with Gasteiger partial charge in [-0.05, 0) is 37.7 Å². The van der Waals surface area contributed by atoms with Gasteiger partial charge in [-0.2, -0.15) is 0 Å². The van der Waals surface area contributed by atoms with Crippen LogP contribution >= 0.6 is 0 Å². The minimum Gasteiger partial charge on any atom is -0.396 e. The minimum atomic E-state index is 0.0860. The van der Waals surface area contributed by atoms with Gasteiger partial charge in [-0.25, -0.2) is 0 Å². The summed E-state index contributed by atoms with van der Waals surface area (Å²) in [4.78, 5) is 14.3. The predicted octanol–water partition coefficient (Wildman–Crippen LogP) is 2.59. The third-order valence-electron chi connectivity index (χ3n) is 3.86. The summed E-state index contributed by atoms with van der Waals surface area (Å²) in [5.41, 5.74) is 1.17. The van der Waals surface area contributed by atoms with Crippen LogP contribution in [0.5, 0.6) is 0 Å². The maximum Gasteiger partial charge on any atom is 0.223 e. The van der Waals surface area contributed by atoms with Crippen LogP contribution in [0.4, 0.5) is 0 Å². The van der Waals surface area contributed by atoms with Gasteiger partial charge >= 0.3 is 0 Å². The number of amides is 1. The second-order valence-corrected chi connectivity index (χ2v) is 5.41. The summed E-state index contributed by atoms with van der Waals surface area (Å²) in [6.45, 7) is 2.92. The largest absolute Gasteiger partial charge is 0.396 e. The van der Waals surface area contributed by atoms with Gasteiger partial charge < -0.3 is 10.0 Å². The number of carbonyl (C=O) groups excluding carboxylic acids is 1.